The first kappa shape index (κ1) is 15.2. The molecule has 0 radical (unpaired) electrons. The Morgan fingerprint density at radius 2 is 2.05 bits per heavy atom. The second kappa shape index (κ2) is 6.09. The SMILES string of the molecule is CCS(=O)(=O)CCNC(=O)c1cc(N)nc2ccccc12. The van der Waals surface area contributed by atoms with Gasteiger partial charge in [0.25, 0.3) is 5.91 Å². The number of hydrogen-bond acceptors (Lipinski definition) is 5. The van der Waals surface area contributed by atoms with Crippen LogP contribution in [0.15, 0.2) is 30.3 Å². The van der Waals surface area contributed by atoms with Crippen LogP contribution >= 0.6 is 0 Å². The summed E-state index contributed by atoms with van der Waals surface area (Å²) >= 11 is 0. The van der Waals surface area contributed by atoms with Crippen molar-refractivity contribution in [1.82, 2.24) is 10.3 Å². The Morgan fingerprint density at radius 3 is 2.76 bits per heavy atom. The molecule has 0 fully saturated rings. The Morgan fingerprint density at radius 1 is 1.33 bits per heavy atom. The number of carbonyl (C=O) groups excluding carboxylic acids is 1. The van der Waals surface area contributed by atoms with E-state index >= 15 is 0 Å². The smallest absolute Gasteiger partial charge is 0.252 e. The quantitative estimate of drug-likeness (QED) is 0.857. The summed E-state index contributed by atoms with van der Waals surface area (Å²) in [5, 5.41) is 3.29. The fourth-order valence-electron chi connectivity index (χ4n) is 1.94. The summed E-state index contributed by atoms with van der Waals surface area (Å²) in [7, 11) is -3.10. The zero-order valence-electron chi connectivity index (χ0n) is 11.7. The maximum absolute atomic E-state index is 12.2. The molecule has 1 amide bonds. The van der Waals surface area contributed by atoms with Crippen LogP contribution in [0, 0.1) is 0 Å². The average Bonchev–Trinajstić information content (AvgIpc) is 2.46. The molecule has 1 heterocycles. The fourth-order valence-corrected chi connectivity index (χ4v) is 2.65. The first-order valence-corrected chi connectivity index (χ1v) is 8.39. The summed E-state index contributed by atoms with van der Waals surface area (Å²) in [6.07, 6.45) is 0. The van der Waals surface area contributed by atoms with E-state index in [-0.39, 0.29) is 29.8 Å². The fraction of sp³-hybridized carbons (Fsp3) is 0.286. The van der Waals surface area contributed by atoms with Gasteiger partial charge in [0.05, 0.1) is 16.8 Å². The lowest BCUT2D eigenvalue weighted by Crippen LogP contribution is -2.29. The number of carbonyl (C=O) groups is 1. The number of sulfone groups is 1. The Kier molecular flexibility index (Phi) is 4.42. The van der Waals surface area contributed by atoms with E-state index in [4.69, 9.17) is 5.73 Å². The summed E-state index contributed by atoms with van der Waals surface area (Å²) in [6.45, 7) is 1.65. The second-order valence-corrected chi connectivity index (χ2v) is 7.08. The Bertz CT molecular complexity index is 772. The van der Waals surface area contributed by atoms with Crippen LogP contribution in [0.1, 0.15) is 17.3 Å². The predicted octanol–water partition coefficient (Wildman–Crippen LogP) is 0.982. The minimum absolute atomic E-state index is 0.0635. The zero-order chi connectivity index (χ0) is 15.5. The van der Waals surface area contributed by atoms with Gasteiger partial charge in [0.1, 0.15) is 5.82 Å². The number of para-hydroxylation sites is 1. The molecule has 0 atom stereocenters. The Hall–Kier alpha value is -2.15. The van der Waals surface area contributed by atoms with Crippen molar-refractivity contribution < 1.29 is 13.2 Å². The molecule has 1 aromatic carbocycles. The molecule has 21 heavy (non-hydrogen) atoms. The molecule has 0 aliphatic rings. The molecule has 0 bridgehead atoms. The van der Waals surface area contributed by atoms with Crippen LogP contribution in [0.5, 0.6) is 0 Å². The topological polar surface area (TPSA) is 102 Å². The molecular formula is C14H17N3O3S. The van der Waals surface area contributed by atoms with Gasteiger partial charge in [-0.1, -0.05) is 25.1 Å². The van der Waals surface area contributed by atoms with Crippen LogP contribution in [0.2, 0.25) is 0 Å². The molecule has 2 rings (SSSR count). The number of pyridine rings is 1. The Labute approximate surface area is 123 Å². The standard InChI is InChI=1S/C14H17N3O3S/c1-2-21(19,20)8-7-16-14(18)11-9-13(15)17-12-6-4-3-5-10(11)12/h3-6,9H,2,7-8H2,1H3,(H2,15,17)(H,16,18). The van der Waals surface area contributed by atoms with E-state index < -0.39 is 9.84 Å². The highest BCUT2D eigenvalue weighted by molar-refractivity contribution is 7.91. The number of rotatable bonds is 5. The van der Waals surface area contributed by atoms with Gasteiger partial charge < -0.3 is 11.1 Å². The molecule has 0 spiro atoms. The number of amides is 1. The van der Waals surface area contributed by atoms with Crippen LogP contribution in [0.25, 0.3) is 10.9 Å². The lowest BCUT2D eigenvalue weighted by atomic mass is 10.1. The van der Waals surface area contributed by atoms with Crippen molar-refractivity contribution in [2.24, 2.45) is 0 Å². The third kappa shape index (κ3) is 3.69. The lowest BCUT2D eigenvalue weighted by molar-refractivity contribution is 0.0957. The Balaban J connectivity index is 2.20. The highest BCUT2D eigenvalue weighted by atomic mass is 32.2. The summed E-state index contributed by atoms with van der Waals surface area (Å²) in [5.41, 5.74) is 6.72. The molecule has 0 saturated carbocycles. The van der Waals surface area contributed by atoms with E-state index in [1.165, 1.54) is 6.07 Å². The van der Waals surface area contributed by atoms with Gasteiger partial charge in [-0.15, -0.1) is 0 Å². The molecule has 2 aromatic rings. The van der Waals surface area contributed by atoms with Crippen LogP contribution in [-0.4, -0.2) is 37.4 Å². The lowest BCUT2D eigenvalue weighted by Gasteiger charge is -2.09. The highest BCUT2D eigenvalue weighted by Crippen LogP contribution is 2.19. The number of fused-ring (bicyclic) bond motifs is 1. The second-order valence-electron chi connectivity index (χ2n) is 4.60. The number of hydrogen-bond donors (Lipinski definition) is 2. The van der Waals surface area contributed by atoms with Gasteiger partial charge in [0, 0.05) is 17.7 Å². The molecule has 1 aromatic heterocycles. The summed E-state index contributed by atoms with van der Waals surface area (Å²) in [5.74, 6) is -0.117. The minimum Gasteiger partial charge on any atom is -0.384 e. The van der Waals surface area contributed by atoms with Crippen molar-refractivity contribution in [2.75, 3.05) is 23.8 Å². The van der Waals surface area contributed by atoms with Crippen molar-refractivity contribution in [3.8, 4) is 0 Å². The molecule has 6 nitrogen and oxygen atoms in total. The third-order valence-electron chi connectivity index (χ3n) is 3.12. The van der Waals surface area contributed by atoms with E-state index in [9.17, 15) is 13.2 Å². The van der Waals surface area contributed by atoms with Crippen LogP contribution in [0.4, 0.5) is 5.82 Å². The average molecular weight is 307 g/mol. The van der Waals surface area contributed by atoms with E-state index in [0.717, 1.165) is 0 Å². The van der Waals surface area contributed by atoms with Gasteiger partial charge >= 0.3 is 0 Å². The normalized spacial score (nSPS) is 11.5. The van der Waals surface area contributed by atoms with E-state index in [0.29, 0.717) is 16.5 Å². The molecule has 7 heteroatoms. The third-order valence-corrected chi connectivity index (χ3v) is 4.82. The van der Waals surface area contributed by atoms with E-state index in [2.05, 4.69) is 10.3 Å². The summed E-state index contributed by atoms with van der Waals surface area (Å²) in [6, 6.07) is 8.65. The van der Waals surface area contributed by atoms with Gasteiger partial charge in [0.15, 0.2) is 9.84 Å². The van der Waals surface area contributed by atoms with Gasteiger partial charge in [-0.3, -0.25) is 4.79 Å². The molecule has 0 aliphatic heterocycles. The number of nitrogens with zero attached hydrogens (tertiary/aromatic N) is 1. The van der Waals surface area contributed by atoms with E-state index in [1.54, 1.807) is 25.1 Å². The maximum Gasteiger partial charge on any atom is 0.252 e. The highest BCUT2D eigenvalue weighted by Gasteiger charge is 2.13. The number of benzene rings is 1. The minimum atomic E-state index is -3.10. The molecule has 0 saturated heterocycles. The number of nitrogens with two attached hydrogens (primary N) is 1. The zero-order valence-corrected chi connectivity index (χ0v) is 12.5. The molecular weight excluding hydrogens is 290 g/mol. The van der Waals surface area contributed by atoms with E-state index in [1.807, 2.05) is 6.07 Å². The van der Waals surface area contributed by atoms with Crippen molar-refractivity contribution in [3.05, 3.63) is 35.9 Å². The van der Waals surface area contributed by atoms with Crippen molar-refractivity contribution >= 4 is 32.5 Å². The van der Waals surface area contributed by atoms with Crippen LogP contribution in [0.3, 0.4) is 0 Å². The summed E-state index contributed by atoms with van der Waals surface area (Å²) < 4.78 is 22.8. The van der Waals surface area contributed by atoms with Gasteiger partial charge in [0.2, 0.25) is 0 Å². The van der Waals surface area contributed by atoms with Crippen molar-refractivity contribution in [2.45, 2.75) is 6.92 Å². The maximum atomic E-state index is 12.2. The monoisotopic (exact) mass is 307 g/mol. The van der Waals surface area contributed by atoms with Crippen molar-refractivity contribution in [3.63, 3.8) is 0 Å². The largest absolute Gasteiger partial charge is 0.384 e. The number of anilines is 1. The van der Waals surface area contributed by atoms with Gasteiger partial charge in [-0.25, -0.2) is 13.4 Å². The summed E-state index contributed by atoms with van der Waals surface area (Å²) in [4.78, 5) is 16.3. The van der Waals surface area contributed by atoms with Crippen LogP contribution < -0.4 is 11.1 Å². The molecule has 0 unspecified atom stereocenters. The van der Waals surface area contributed by atoms with Gasteiger partial charge in [-0.05, 0) is 12.1 Å². The molecule has 0 aliphatic carbocycles. The van der Waals surface area contributed by atoms with Gasteiger partial charge in [-0.2, -0.15) is 0 Å². The number of aromatic nitrogens is 1. The first-order valence-electron chi connectivity index (χ1n) is 6.57. The first-order chi connectivity index (χ1) is 9.93. The number of nitrogen functional groups attached to an aromatic ring is 1. The van der Waals surface area contributed by atoms with Crippen LogP contribution in [-0.2, 0) is 9.84 Å². The number of nitrogens with one attached hydrogen (secondary N) is 1. The predicted molar refractivity (Wildman–Crippen MR) is 82.8 cm³/mol. The molecule has 3 N–H and O–H groups in total. The molecule has 112 valence electrons. The van der Waals surface area contributed by atoms with Crippen molar-refractivity contribution in [1.29, 1.82) is 0 Å².